The fraction of sp³-hybridized carbons (Fsp3) is 0.678. The largest absolute Gasteiger partial charge is 0.462 e. The minimum absolute atomic E-state index is 0.0719. The van der Waals surface area contributed by atoms with E-state index in [-0.39, 0.29) is 25.2 Å². The molecule has 0 spiro atoms. The SMILES string of the molecule is CC/C=C\C/C=C\C/C=C\C/C=C\C/C=C\C/C=C\C/C=C\C/C=C\C/C=C\CCCCCCCCCCCC(=O)OC(CO)COC(=O)CCCCCCCCCCCCCCCCCCCCCCCCCCCCCC/C=C\C/C=C\C/C=C\C/C=C\CC. The second-order valence-electron chi connectivity index (χ2n) is 25.7. The molecule has 0 amide bonds. The molecule has 0 radical (unpaired) electrons. The standard InChI is InChI=1S/C87H146O5/c1-3-5-7-9-11-13-15-17-19-21-23-25-27-29-31-33-35-37-39-41-42-43-44-46-47-49-51-53-55-57-59-61-63-65-67-69-71-73-75-77-79-81-86(89)91-84-85(83-88)92-87(90)82-80-78-76-74-72-70-68-66-64-62-60-58-56-54-52-50-48-45-40-38-36-34-32-30-28-26-24-22-20-18-16-14-12-10-8-6-4-2/h5-8,11-14,17-20,23-26,30,32,36,38,45,48,52,54,58,60,85,88H,3-4,9-10,15-16,21-22,27-29,31,33-35,37,39-44,46-47,49-51,53,55-57,59,61-84H2,1-2H3/b7-5-,8-6-,13-11-,14-12-,19-17-,20-18-,25-23-,26-24-,32-30-,38-36-,48-45-,54-52-,60-58-. The summed E-state index contributed by atoms with van der Waals surface area (Å²) in [6, 6.07) is 0. The van der Waals surface area contributed by atoms with Crippen molar-refractivity contribution >= 4 is 11.9 Å². The van der Waals surface area contributed by atoms with Gasteiger partial charge in [-0.15, -0.1) is 0 Å². The number of aliphatic hydroxyl groups is 1. The van der Waals surface area contributed by atoms with Crippen LogP contribution in [0.5, 0.6) is 0 Å². The third-order valence-electron chi connectivity index (χ3n) is 16.8. The Kier molecular flexibility index (Phi) is 76.8. The topological polar surface area (TPSA) is 72.8 Å². The van der Waals surface area contributed by atoms with Gasteiger partial charge in [0.15, 0.2) is 6.10 Å². The van der Waals surface area contributed by atoms with Crippen molar-refractivity contribution in [2.75, 3.05) is 13.2 Å². The van der Waals surface area contributed by atoms with E-state index in [2.05, 4.69) is 172 Å². The zero-order valence-electron chi connectivity index (χ0n) is 60.3. The van der Waals surface area contributed by atoms with E-state index in [4.69, 9.17) is 9.47 Å². The second kappa shape index (κ2) is 80.8. The first-order valence-electron chi connectivity index (χ1n) is 39.0. The molecule has 5 heteroatoms. The molecular formula is C87H146O5. The number of carbonyl (C=O) groups excluding carboxylic acids is 2. The van der Waals surface area contributed by atoms with Crippen LogP contribution in [0.15, 0.2) is 158 Å². The molecule has 524 valence electrons. The molecule has 0 aromatic carbocycles. The highest BCUT2D eigenvalue weighted by Crippen LogP contribution is 2.18. The van der Waals surface area contributed by atoms with Crippen molar-refractivity contribution in [2.24, 2.45) is 0 Å². The number of unbranched alkanes of at least 4 members (excludes halogenated alkanes) is 37. The van der Waals surface area contributed by atoms with Gasteiger partial charge in [-0.25, -0.2) is 0 Å². The van der Waals surface area contributed by atoms with Crippen molar-refractivity contribution < 1.29 is 24.2 Å². The zero-order chi connectivity index (χ0) is 66.1. The Balaban J connectivity index is 3.47. The van der Waals surface area contributed by atoms with Crippen molar-refractivity contribution in [2.45, 2.75) is 367 Å². The number of ether oxygens (including phenoxy) is 2. The van der Waals surface area contributed by atoms with Crippen molar-refractivity contribution in [3.63, 3.8) is 0 Å². The lowest BCUT2D eigenvalue weighted by molar-refractivity contribution is -0.161. The molecule has 0 bridgehead atoms. The summed E-state index contributed by atoms with van der Waals surface area (Å²) < 4.78 is 10.8. The van der Waals surface area contributed by atoms with Crippen LogP contribution >= 0.6 is 0 Å². The Morgan fingerprint density at radius 3 is 0.652 bits per heavy atom. The monoisotopic (exact) mass is 1270 g/mol. The van der Waals surface area contributed by atoms with Gasteiger partial charge >= 0.3 is 11.9 Å². The molecule has 1 N–H and O–H groups in total. The Morgan fingerprint density at radius 1 is 0.250 bits per heavy atom. The van der Waals surface area contributed by atoms with E-state index in [1.807, 2.05) is 0 Å². The Hall–Kier alpha value is -4.48. The number of carbonyl (C=O) groups is 2. The van der Waals surface area contributed by atoms with Crippen LogP contribution in [0.3, 0.4) is 0 Å². The van der Waals surface area contributed by atoms with Gasteiger partial charge in [0.2, 0.25) is 0 Å². The van der Waals surface area contributed by atoms with E-state index in [1.54, 1.807) is 0 Å². The summed E-state index contributed by atoms with van der Waals surface area (Å²) in [6.07, 6.45) is 123. The van der Waals surface area contributed by atoms with E-state index < -0.39 is 6.10 Å². The van der Waals surface area contributed by atoms with Gasteiger partial charge in [0.25, 0.3) is 0 Å². The maximum Gasteiger partial charge on any atom is 0.306 e. The maximum absolute atomic E-state index is 12.4. The van der Waals surface area contributed by atoms with E-state index in [9.17, 15) is 14.7 Å². The van der Waals surface area contributed by atoms with Crippen LogP contribution in [0.1, 0.15) is 361 Å². The highest BCUT2D eigenvalue weighted by Gasteiger charge is 2.16. The summed E-state index contributed by atoms with van der Waals surface area (Å²) in [5.41, 5.74) is 0. The van der Waals surface area contributed by atoms with Crippen LogP contribution in [0.2, 0.25) is 0 Å². The molecule has 0 aliphatic carbocycles. The normalized spacial score (nSPS) is 13.1. The van der Waals surface area contributed by atoms with Crippen molar-refractivity contribution in [1.82, 2.24) is 0 Å². The predicted molar refractivity (Wildman–Crippen MR) is 407 cm³/mol. The average molecular weight is 1270 g/mol. The first-order valence-corrected chi connectivity index (χ1v) is 39.0. The Bertz CT molecular complexity index is 1930. The number of allylic oxidation sites excluding steroid dienone is 26. The molecule has 0 rings (SSSR count). The lowest BCUT2D eigenvalue weighted by atomic mass is 10.0. The predicted octanol–water partition coefficient (Wildman–Crippen LogP) is 27.8. The number of hydrogen-bond donors (Lipinski definition) is 1. The molecule has 0 heterocycles. The molecule has 0 aromatic rings. The van der Waals surface area contributed by atoms with Crippen molar-refractivity contribution in [3.8, 4) is 0 Å². The lowest BCUT2D eigenvalue weighted by Crippen LogP contribution is -2.28. The molecule has 0 saturated heterocycles. The minimum atomic E-state index is -0.785. The van der Waals surface area contributed by atoms with Crippen LogP contribution in [0, 0.1) is 0 Å². The highest BCUT2D eigenvalue weighted by molar-refractivity contribution is 5.70. The maximum atomic E-state index is 12.4. The first kappa shape index (κ1) is 87.5. The number of aliphatic hydroxyl groups excluding tert-OH is 1. The van der Waals surface area contributed by atoms with Gasteiger partial charge in [-0.05, 0) is 122 Å². The van der Waals surface area contributed by atoms with Gasteiger partial charge in [-0.2, -0.15) is 0 Å². The van der Waals surface area contributed by atoms with Crippen LogP contribution < -0.4 is 0 Å². The summed E-state index contributed by atoms with van der Waals surface area (Å²) in [5.74, 6) is -0.590. The molecule has 0 aromatic heterocycles. The number of hydrogen-bond acceptors (Lipinski definition) is 5. The molecule has 1 unspecified atom stereocenters. The Labute approximate surface area is 571 Å². The van der Waals surface area contributed by atoms with Crippen LogP contribution in [0.4, 0.5) is 0 Å². The van der Waals surface area contributed by atoms with Crippen molar-refractivity contribution in [3.05, 3.63) is 158 Å². The van der Waals surface area contributed by atoms with E-state index >= 15 is 0 Å². The Morgan fingerprint density at radius 2 is 0.435 bits per heavy atom. The van der Waals surface area contributed by atoms with E-state index in [0.29, 0.717) is 12.8 Å². The van der Waals surface area contributed by atoms with Gasteiger partial charge in [0.05, 0.1) is 6.61 Å². The first-order chi connectivity index (χ1) is 45.6. The van der Waals surface area contributed by atoms with Crippen LogP contribution in [-0.2, 0) is 19.1 Å². The average Bonchev–Trinajstić information content (AvgIpc) is 3.70. The third-order valence-corrected chi connectivity index (χ3v) is 16.8. The summed E-state index contributed by atoms with van der Waals surface area (Å²) in [7, 11) is 0. The zero-order valence-corrected chi connectivity index (χ0v) is 60.3. The quantitative estimate of drug-likeness (QED) is 0.0373. The van der Waals surface area contributed by atoms with Gasteiger partial charge in [0, 0.05) is 12.8 Å². The van der Waals surface area contributed by atoms with Gasteiger partial charge in [0.1, 0.15) is 6.61 Å². The smallest absolute Gasteiger partial charge is 0.306 e. The molecular weight excluding hydrogens is 1120 g/mol. The molecule has 92 heavy (non-hydrogen) atoms. The van der Waals surface area contributed by atoms with Crippen LogP contribution in [-0.4, -0.2) is 36.4 Å². The summed E-state index contributed by atoms with van der Waals surface area (Å²) in [6.45, 7) is 3.94. The van der Waals surface area contributed by atoms with E-state index in [0.717, 1.165) is 128 Å². The molecule has 0 saturated carbocycles. The van der Waals surface area contributed by atoms with Gasteiger partial charge in [-0.3, -0.25) is 9.59 Å². The van der Waals surface area contributed by atoms with Gasteiger partial charge < -0.3 is 14.6 Å². The molecule has 5 nitrogen and oxygen atoms in total. The molecule has 0 fully saturated rings. The number of esters is 2. The molecule has 0 aliphatic heterocycles. The molecule has 1 atom stereocenters. The fourth-order valence-electron chi connectivity index (χ4n) is 11.1. The highest BCUT2D eigenvalue weighted by atomic mass is 16.6. The summed E-state index contributed by atoms with van der Waals surface area (Å²) in [4.78, 5) is 24.7. The van der Waals surface area contributed by atoms with Gasteiger partial charge in [-0.1, -0.05) is 384 Å². The lowest BCUT2D eigenvalue weighted by Gasteiger charge is -2.15. The van der Waals surface area contributed by atoms with E-state index in [1.165, 1.54) is 205 Å². The number of rotatable bonds is 71. The van der Waals surface area contributed by atoms with Crippen molar-refractivity contribution in [1.29, 1.82) is 0 Å². The van der Waals surface area contributed by atoms with Crippen LogP contribution in [0.25, 0.3) is 0 Å². The molecule has 0 aliphatic rings. The third kappa shape index (κ3) is 78.0. The minimum Gasteiger partial charge on any atom is -0.462 e. The summed E-state index contributed by atoms with van der Waals surface area (Å²) in [5, 5.41) is 9.73. The fourth-order valence-corrected chi connectivity index (χ4v) is 11.1. The summed E-state index contributed by atoms with van der Waals surface area (Å²) >= 11 is 0. The second-order valence-corrected chi connectivity index (χ2v) is 25.7.